The predicted octanol–water partition coefficient (Wildman–Crippen LogP) is 2.84. The van der Waals surface area contributed by atoms with Crippen molar-refractivity contribution < 1.29 is 9.66 Å². The molecule has 0 radical (unpaired) electrons. The predicted molar refractivity (Wildman–Crippen MR) is 118 cm³/mol. The maximum absolute atomic E-state index is 10.8. The van der Waals surface area contributed by atoms with Crippen LogP contribution in [-0.2, 0) is 0 Å². The molecule has 1 aliphatic heterocycles. The van der Waals surface area contributed by atoms with Crippen LogP contribution in [0, 0.1) is 10.1 Å². The van der Waals surface area contributed by atoms with E-state index in [-0.39, 0.29) is 5.69 Å². The van der Waals surface area contributed by atoms with Gasteiger partial charge in [-0.15, -0.1) is 16.4 Å². The summed E-state index contributed by atoms with van der Waals surface area (Å²) in [4.78, 5) is 25.5. The van der Waals surface area contributed by atoms with Crippen molar-refractivity contribution in [2.45, 2.75) is 25.0 Å². The van der Waals surface area contributed by atoms with E-state index >= 15 is 0 Å². The van der Waals surface area contributed by atoms with Gasteiger partial charge < -0.3 is 9.64 Å². The van der Waals surface area contributed by atoms with Crippen LogP contribution >= 0.6 is 11.3 Å². The molecule has 0 aliphatic carbocycles. The van der Waals surface area contributed by atoms with Gasteiger partial charge in [0.2, 0.25) is 12.2 Å². The van der Waals surface area contributed by atoms with E-state index in [0.717, 1.165) is 36.6 Å². The van der Waals surface area contributed by atoms with Gasteiger partial charge in [-0.2, -0.15) is 4.68 Å². The van der Waals surface area contributed by atoms with Crippen LogP contribution in [0.3, 0.4) is 0 Å². The van der Waals surface area contributed by atoms with E-state index < -0.39 is 11.2 Å². The molecule has 13 heteroatoms. The molecule has 0 saturated carbocycles. The Labute approximate surface area is 192 Å². The number of hydrogen-bond donors (Lipinski definition) is 0. The number of nitro groups is 1. The van der Waals surface area contributed by atoms with Crippen LogP contribution in [0.5, 0.6) is 5.75 Å². The Morgan fingerprint density at radius 2 is 1.91 bits per heavy atom. The molecule has 4 heterocycles. The van der Waals surface area contributed by atoms with E-state index in [1.165, 1.54) is 18.7 Å². The topological polar surface area (TPSA) is 138 Å². The largest absolute Gasteiger partial charge is 0.463 e. The Hall–Kier alpha value is -4.00. The Morgan fingerprint density at radius 1 is 1.15 bits per heavy atom. The quantitative estimate of drug-likeness (QED) is 0.296. The first-order chi connectivity index (χ1) is 16.2. The average molecular weight is 465 g/mol. The summed E-state index contributed by atoms with van der Waals surface area (Å²) in [5.41, 5.74) is 0.631. The van der Waals surface area contributed by atoms with Crippen molar-refractivity contribution in [1.29, 1.82) is 0 Å². The second-order valence-corrected chi connectivity index (χ2v) is 8.33. The van der Waals surface area contributed by atoms with E-state index in [9.17, 15) is 10.1 Å². The zero-order chi connectivity index (χ0) is 22.6. The summed E-state index contributed by atoms with van der Waals surface area (Å²) in [5.74, 6) is 1.50. The summed E-state index contributed by atoms with van der Waals surface area (Å²) in [7, 11) is 0. The van der Waals surface area contributed by atoms with E-state index in [1.807, 2.05) is 40.6 Å². The Balaban J connectivity index is 1.27. The molecule has 0 amide bonds. The first-order valence-corrected chi connectivity index (χ1v) is 11.2. The Bertz CT molecular complexity index is 1190. The average Bonchev–Trinajstić information content (AvgIpc) is 3.56. The zero-order valence-corrected chi connectivity index (χ0v) is 18.2. The van der Waals surface area contributed by atoms with Crippen LogP contribution in [0.2, 0.25) is 0 Å². The molecule has 1 saturated heterocycles. The smallest absolute Gasteiger partial charge is 0.305 e. The molecule has 1 fully saturated rings. The van der Waals surface area contributed by atoms with Gasteiger partial charge in [0, 0.05) is 24.4 Å². The molecular formula is C20H19N9O3S. The highest BCUT2D eigenvalue weighted by molar-refractivity contribution is 7.09. The number of piperidine rings is 1. The number of benzene rings is 1. The van der Waals surface area contributed by atoms with Crippen molar-refractivity contribution in [3.05, 3.63) is 75.2 Å². The van der Waals surface area contributed by atoms with Gasteiger partial charge in [-0.1, -0.05) is 18.2 Å². The van der Waals surface area contributed by atoms with Gasteiger partial charge in [-0.05, 0) is 35.4 Å². The summed E-state index contributed by atoms with van der Waals surface area (Å²) in [6, 6.07) is 9.48. The van der Waals surface area contributed by atoms with Gasteiger partial charge in [0.25, 0.3) is 0 Å². The summed E-state index contributed by atoms with van der Waals surface area (Å²) in [5, 5.41) is 25.3. The fourth-order valence-electron chi connectivity index (χ4n) is 3.65. The van der Waals surface area contributed by atoms with Crippen molar-refractivity contribution in [3.63, 3.8) is 0 Å². The molecule has 0 bridgehead atoms. The standard InChI is InChI=1S/C20H19N9O3S/c30-29(31)15-10-21-20(22-11-15)27-8-6-14(7-9-27)18-24-17(12-33-18)19(28-13-23-25-26-28)32-16-4-2-1-3-5-16/h1-5,10-14,19H,6-9H2. The molecular weight excluding hydrogens is 446 g/mol. The molecule has 1 atom stereocenters. The summed E-state index contributed by atoms with van der Waals surface area (Å²) >= 11 is 1.60. The van der Waals surface area contributed by atoms with E-state index in [4.69, 9.17) is 9.72 Å². The van der Waals surface area contributed by atoms with Gasteiger partial charge >= 0.3 is 5.69 Å². The fourth-order valence-corrected chi connectivity index (χ4v) is 4.65. The lowest BCUT2D eigenvalue weighted by atomic mass is 9.98. The highest BCUT2D eigenvalue weighted by atomic mass is 32.1. The van der Waals surface area contributed by atoms with Crippen molar-refractivity contribution in [2.75, 3.05) is 18.0 Å². The highest BCUT2D eigenvalue weighted by Gasteiger charge is 2.27. The van der Waals surface area contributed by atoms with Crippen LogP contribution in [0.1, 0.15) is 35.7 Å². The number of aromatic nitrogens is 7. The van der Waals surface area contributed by atoms with E-state index in [2.05, 4.69) is 25.5 Å². The molecule has 12 nitrogen and oxygen atoms in total. The molecule has 1 aromatic carbocycles. The third-order valence-corrected chi connectivity index (χ3v) is 6.38. The van der Waals surface area contributed by atoms with Crippen LogP contribution in [0.25, 0.3) is 0 Å². The van der Waals surface area contributed by atoms with Crippen LogP contribution in [-0.4, -0.2) is 53.2 Å². The monoisotopic (exact) mass is 465 g/mol. The second-order valence-electron chi connectivity index (χ2n) is 7.44. The van der Waals surface area contributed by atoms with E-state index in [0.29, 0.717) is 17.6 Å². The lowest BCUT2D eigenvalue weighted by molar-refractivity contribution is -0.385. The molecule has 5 rings (SSSR count). The van der Waals surface area contributed by atoms with Crippen molar-refractivity contribution in [2.24, 2.45) is 0 Å². The molecule has 1 unspecified atom stereocenters. The van der Waals surface area contributed by atoms with Gasteiger partial charge in [0.1, 0.15) is 30.2 Å². The van der Waals surface area contributed by atoms with Crippen LogP contribution < -0.4 is 9.64 Å². The molecule has 33 heavy (non-hydrogen) atoms. The normalized spacial score (nSPS) is 15.3. The number of hydrogen-bond acceptors (Lipinski definition) is 11. The van der Waals surface area contributed by atoms with Crippen molar-refractivity contribution in [3.8, 4) is 5.75 Å². The number of ether oxygens (including phenoxy) is 1. The number of rotatable bonds is 7. The number of thiazole rings is 1. The lowest BCUT2D eigenvalue weighted by Gasteiger charge is -2.30. The summed E-state index contributed by atoms with van der Waals surface area (Å²) < 4.78 is 7.68. The Morgan fingerprint density at radius 3 is 2.58 bits per heavy atom. The molecule has 0 spiro atoms. The van der Waals surface area contributed by atoms with Gasteiger partial charge in [-0.3, -0.25) is 10.1 Å². The van der Waals surface area contributed by atoms with Gasteiger partial charge in [0.15, 0.2) is 0 Å². The number of anilines is 1. The Kier molecular flexibility index (Phi) is 5.85. The third kappa shape index (κ3) is 4.62. The second kappa shape index (κ2) is 9.24. The molecule has 168 valence electrons. The van der Waals surface area contributed by atoms with Crippen LogP contribution in [0.4, 0.5) is 11.6 Å². The van der Waals surface area contributed by atoms with Crippen molar-refractivity contribution in [1.82, 2.24) is 35.2 Å². The fraction of sp³-hybridized carbons (Fsp3) is 0.300. The maximum atomic E-state index is 10.8. The minimum absolute atomic E-state index is 0.112. The molecule has 4 aromatic rings. The number of para-hydroxylation sites is 1. The molecule has 3 aromatic heterocycles. The molecule has 1 aliphatic rings. The number of tetrazole rings is 1. The SMILES string of the molecule is O=[N+]([O-])c1cnc(N2CCC(c3nc(C(Oc4ccccc4)n4cnnn4)cs3)CC2)nc1. The lowest BCUT2D eigenvalue weighted by Crippen LogP contribution is -2.34. The van der Waals surface area contributed by atoms with Crippen molar-refractivity contribution >= 4 is 23.0 Å². The minimum Gasteiger partial charge on any atom is -0.463 e. The first kappa shape index (κ1) is 20.9. The number of nitrogens with zero attached hydrogens (tertiary/aromatic N) is 9. The van der Waals surface area contributed by atoms with Gasteiger partial charge in [0.05, 0.1) is 9.93 Å². The summed E-state index contributed by atoms with van der Waals surface area (Å²) in [6.45, 7) is 1.49. The first-order valence-electron chi connectivity index (χ1n) is 10.3. The minimum atomic E-state index is -0.569. The highest BCUT2D eigenvalue weighted by Crippen LogP contribution is 2.33. The van der Waals surface area contributed by atoms with Gasteiger partial charge in [-0.25, -0.2) is 15.0 Å². The summed E-state index contributed by atoms with van der Waals surface area (Å²) in [6.07, 6.45) is 5.18. The zero-order valence-electron chi connectivity index (χ0n) is 17.3. The third-order valence-electron chi connectivity index (χ3n) is 5.35. The molecule has 0 N–H and O–H groups in total. The maximum Gasteiger partial charge on any atom is 0.305 e. The van der Waals surface area contributed by atoms with E-state index in [1.54, 1.807) is 16.0 Å². The van der Waals surface area contributed by atoms with Crippen LogP contribution in [0.15, 0.2) is 54.4 Å².